The third kappa shape index (κ3) is 3.66. The SMILES string of the molecule is CCC[C@]1(CC(=O)O)OCCc2c1[nH]c1c(C)c(OCc3cc(C)on3)cc(C#N)c21. The van der Waals surface area contributed by atoms with E-state index in [1.165, 1.54) is 0 Å². The van der Waals surface area contributed by atoms with Gasteiger partial charge in [-0.2, -0.15) is 5.26 Å². The number of rotatable bonds is 7. The lowest BCUT2D eigenvalue weighted by atomic mass is 9.84. The number of H-pyrrole nitrogens is 1. The van der Waals surface area contributed by atoms with Crippen LogP contribution < -0.4 is 4.74 Å². The fourth-order valence-electron chi connectivity index (χ4n) is 4.56. The average Bonchev–Trinajstić information content (AvgIpc) is 3.32. The van der Waals surface area contributed by atoms with Crippen molar-refractivity contribution in [3.63, 3.8) is 0 Å². The van der Waals surface area contributed by atoms with Crippen molar-refractivity contribution in [3.05, 3.63) is 46.0 Å². The first kappa shape index (κ1) is 20.9. The first-order valence-electron chi connectivity index (χ1n) is 10.4. The van der Waals surface area contributed by atoms with Gasteiger partial charge in [-0.15, -0.1) is 0 Å². The molecule has 0 saturated heterocycles. The van der Waals surface area contributed by atoms with E-state index >= 15 is 0 Å². The number of hydrogen-bond acceptors (Lipinski definition) is 6. The van der Waals surface area contributed by atoms with Gasteiger partial charge in [0.2, 0.25) is 0 Å². The molecule has 0 spiro atoms. The van der Waals surface area contributed by atoms with Crippen LogP contribution in [0.15, 0.2) is 16.7 Å². The third-order valence-corrected chi connectivity index (χ3v) is 5.84. The highest BCUT2D eigenvalue weighted by Gasteiger charge is 2.42. The summed E-state index contributed by atoms with van der Waals surface area (Å²) >= 11 is 0. The summed E-state index contributed by atoms with van der Waals surface area (Å²) in [7, 11) is 0. The van der Waals surface area contributed by atoms with Crippen LogP contribution in [0.5, 0.6) is 5.75 Å². The molecule has 31 heavy (non-hydrogen) atoms. The molecule has 3 heterocycles. The van der Waals surface area contributed by atoms with E-state index in [9.17, 15) is 15.2 Å². The van der Waals surface area contributed by atoms with Crippen molar-refractivity contribution in [3.8, 4) is 11.8 Å². The predicted molar refractivity (Wildman–Crippen MR) is 112 cm³/mol. The number of benzene rings is 1. The zero-order valence-corrected chi connectivity index (χ0v) is 17.9. The highest BCUT2D eigenvalue weighted by atomic mass is 16.5. The van der Waals surface area contributed by atoms with Crippen LogP contribution in [-0.2, 0) is 28.2 Å². The highest BCUT2D eigenvalue weighted by Crippen LogP contribution is 2.45. The van der Waals surface area contributed by atoms with Gasteiger partial charge >= 0.3 is 5.97 Å². The van der Waals surface area contributed by atoms with Gasteiger partial charge in [-0.1, -0.05) is 18.5 Å². The van der Waals surface area contributed by atoms with Crippen molar-refractivity contribution in [2.75, 3.05) is 6.61 Å². The van der Waals surface area contributed by atoms with Crippen LogP contribution in [0.4, 0.5) is 0 Å². The summed E-state index contributed by atoms with van der Waals surface area (Å²) < 4.78 is 17.1. The van der Waals surface area contributed by atoms with Crippen molar-refractivity contribution in [1.29, 1.82) is 5.26 Å². The molecule has 3 aromatic rings. The largest absolute Gasteiger partial charge is 0.487 e. The van der Waals surface area contributed by atoms with Crippen molar-refractivity contribution < 1.29 is 23.9 Å². The fourth-order valence-corrected chi connectivity index (χ4v) is 4.56. The van der Waals surface area contributed by atoms with Gasteiger partial charge in [-0.25, -0.2) is 0 Å². The maximum atomic E-state index is 11.7. The van der Waals surface area contributed by atoms with Gasteiger partial charge < -0.3 is 24.1 Å². The minimum absolute atomic E-state index is 0.129. The van der Waals surface area contributed by atoms with E-state index in [1.54, 1.807) is 12.1 Å². The number of aromatic amines is 1. The molecule has 8 nitrogen and oxygen atoms in total. The van der Waals surface area contributed by atoms with Gasteiger partial charge in [0.1, 0.15) is 29.4 Å². The monoisotopic (exact) mass is 423 g/mol. The Hall–Kier alpha value is -3.31. The molecule has 0 aliphatic carbocycles. The maximum absolute atomic E-state index is 11.7. The van der Waals surface area contributed by atoms with E-state index in [0.717, 1.165) is 34.1 Å². The van der Waals surface area contributed by atoms with Gasteiger partial charge in [-0.05, 0) is 38.3 Å². The summed E-state index contributed by atoms with van der Waals surface area (Å²) in [5.74, 6) is 0.360. The Morgan fingerprint density at radius 2 is 2.23 bits per heavy atom. The smallest absolute Gasteiger partial charge is 0.306 e. The van der Waals surface area contributed by atoms with Crippen LogP contribution in [0, 0.1) is 25.2 Å². The molecule has 8 heteroatoms. The molecule has 0 unspecified atom stereocenters. The van der Waals surface area contributed by atoms with Gasteiger partial charge in [0, 0.05) is 17.0 Å². The zero-order chi connectivity index (χ0) is 22.2. The molecule has 0 bridgehead atoms. The van der Waals surface area contributed by atoms with Gasteiger partial charge in [0.05, 0.1) is 35.9 Å². The molecule has 162 valence electrons. The number of nitrogens with one attached hydrogen (secondary N) is 1. The number of nitrogens with zero attached hydrogens (tertiary/aromatic N) is 2. The Labute approximate surface area is 179 Å². The van der Waals surface area contributed by atoms with Crippen molar-refractivity contribution in [2.24, 2.45) is 0 Å². The second-order valence-corrected chi connectivity index (χ2v) is 8.02. The number of hydrogen-bond donors (Lipinski definition) is 2. The molecule has 1 atom stereocenters. The first-order chi connectivity index (χ1) is 14.9. The summed E-state index contributed by atoms with van der Waals surface area (Å²) in [5, 5.41) is 24.2. The van der Waals surface area contributed by atoms with Gasteiger partial charge in [-0.3, -0.25) is 4.79 Å². The molecule has 1 aromatic carbocycles. The molecule has 2 aromatic heterocycles. The molecule has 0 amide bonds. The third-order valence-electron chi connectivity index (χ3n) is 5.84. The van der Waals surface area contributed by atoms with Crippen molar-refractivity contribution in [2.45, 2.75) is 58.7 Å². The summed E-state index contributed by atoms with van der Waals surface area (Å²) in [6, 6.07) is 5.83. The Morgan fingerprint density at radius 3 is 2.87 bits per heavy atom. The predicted octanol–water partition coefficient (Wildman–Crippen LogP) is 4.27. The summed E-state index contributed by atoms with van der Waals surface area (Å²) in [5.41, 5.74) is 3.60. The standard InChI is InChI=1S/C23H25N3O5/c1-4-6-23(10-19(27)28)22-17(5-7-30-23)20-15(11-24)9-18(14(3)21(20)25-22)29-12-16-8-13(2)31-26-16/h8-9,25H,4-7,10,12H2,1-3H3,(H,27,28)/t23-/m1/s1. The number of aryl methyl sites for hydroxylation is 2. The van der Waals surface area contributed by atoms with Crippen molar-refractivity contribution in [1.82, 2.24) is 10.1 Å². The Morgan fingerprint density at radius 1 is 1.42 bits per heavy atom. The summed E-state index contributed by atoms with van der Waals surface area (Å²) in [6.45, 7) is 6.38. The Balaban J connectivity index is 1.83. The molecule has 4 rings (SSSR count). The molecular weight excluding hydrogens is 398 g/mol. The van der Waals surface area contributed by atoms with Gasteiger partial charge in [0.25, 0.3) is 0 Å². The van der Waals surface area contributed by atoms with Crippen LogP contribution in [0.25, 0.3) is 10.9 Å². The normalized spacial score (nSPS) is 18.0. The lowest BCUT2D eigenvalue weighted by molar-refractivity contribution is -0.149. The van der Waals surface area contributed by atoms with Crippen molar-refractivity contribution >= 4 is 16.9 Å². The summed E-state index contributed by atoms with van der Waals surface area (Å²) in [4.78, 5) is 15.1. The van der Waals surface area contributed by atoms with E-state index in [-0.39, 0.29) is 13.0 Å². The molecular formula is C23H25N3O5. The first-order valence-corrected chi connectivity index (χ1v) is 10.4. The number of carbonyl (C=O) groups is 1. The topological polar surface area (TPSA) is 121 Å². The lowest BCUT2D eigenvalue weighted by Gasteiger charge is -2.36. The molecule has 0 radical (unpaired) electrons. The second kappa shape index (κ2) is 8.08. The average molecular weight is 423 g/mol. The Kier molecular flexibility index (Phi) is 5.46. The second-order valence-electron chi connectivity index (χ2n) is 8.02. The van der Waals surface area contributed by atoms with Crippen LogP contribution >= 0.6 is 0 Å². The maximum Gasteiger partial charge on any atom is 0.306 e. The van der Waals surface area contributed by atoms with E-state index in [4.69, 9.17) is 14.0 Å². The highest BCUT2D eigenvalue weighted by molar-refractivity contribution is 5.94. The minimum Gasteiger partial charge on any atom is -0.487 e. The van der Waals surface area contributed by atoms with Crippen LogP contribution in [0.3, 0.4) is 0 Å². The van der Waals surface area contributed by atoms with E-state index in [0.29, 0.717) is 42.2 Å². The van der Waals surface area contributed by atoms with Crippen LogP contribution in [0.2, 0.25) is 0 Å². The molecule has 1 aliphatic heterocycles. The number of carboxylic acids is 1. The lowest BCUT2D eigenvalue weighted by Crippen LogP contribution is -2.37. The molecule has 1 aliphatic rings. The number of aliphatic carboxylic acids is 1. The summed E-state index contributed by atoms with van der Waals surface area (Å²) in [6.07, 6.45) is 1.84. The number of carboxylic acid groups (broad SMARTS) is 1. The van der Waals surface area contributed by atoms with E-state index < -0.39 is 11.6 Å². The number of aromatic nitrogens is 2. The van der Waals surface area contributed by atoms with Gasteiger partial charge in [0.15, 0.2) is 0 Å². The molecule has 2 N–H and O–H groups in total. The quantitative estimate of drug-likeness (QED) is 0.582. The number of ether oxygens (including phenoxy) is 2. The van der Waals surface area contributed by atoms with Crippen LogP contribution in [-0.4, -0.2) is 27.8 Å². The number of fused-ring (bicyclic) bond motifs is 3. The Bertz CT molecular complexity index is 1190. The van der Waals surface area contributed by atoms with E-state index in [2.05, 4.69) is 16.2 Å². The van der Waals surface area contributed by atoms with E-state index in [1.807, 2.05) is 20.8 Å². The zero-order valence-electron chi connectivity index (χ0n) is 17.9. The van der Waals surface area contributed by atoms with Crippen LogP contribution in [0.1, 0.15) is 60.0 Å². The molecule has 0 fully saturated rings. The fraction of sp³-hybridized carbons (Fsp3) is 0.435. The molecule has 0 saturated carbocycles. The number of nitriles is 1. The minimum atomic E-state index is -0.925.